The van der Waals surface area contributed by atoms with Crippen molar-refractivity contribution in [1.82, 2.24) is 5.32 Å². The molecule has 14 nitrogen and oxygen atoms in total. The van der Waals surface area contributed by atoms with Gasteiger partial charge in [0.2, 0.25) is 0 Å². The highest BCUT2D eigenvalue weighted by molar-refractivity contribution is 4.62. The molecule has 170 valence electrons. The minimum atomic E-state index is -2.29. The fraction of sp³-hybridized carbons (Fsp3) is 1.00. The lowest BCUT2D eigenvalue weighted by Crippen LogP contribution is -2.96. The second-order valence-electron chi connectivity index (χ2n) is 6.77. The van der Waals surface area contributed by atoms with Crippen LogP contribution in [0.1, 0.15) is 12.8 Å². The van der Waals surface area contributed by atoms with E-state index in [1.165, 1.54) is 0 Å². The van der Waals surface area contributed by atoms with Crippen LogP contribution in [0.3, 0.4) is 0 Å². The van der Waals surface area contributed by atoms with Crippen molar-refractivity contribution in [2.75, 3.05) is 73.7 Å². The van der Waals surface area contributed by atoms with Crippen molar-refractivity contribution >= 4 is 0 Å². The van der Waals surface area contributed by atoms with Gasteiger partial charge in [-0.05, 0) is 19.4 Å². The standard InChI is InChI=1S/C14H38N5O9/c15-3-1-2-4-16-14(17(5-20,6-21)7-22,18(8-23,9-24)10-25)19(11-26,12-27)13-28/h16,20-28H,1-13,15H2/q+3. The molecule has 0 rings (SSSR count). The Balaban J connectivity index is 7.09. The first-order valence-corrected chi connectivity index (χ1v) is 8.87. The summed E-state index contributed by atoms with van der Waals surface area (Å²) < 4.78 is -3.50. The molecule has 0 spiro atoms. The first-order chi connectivity index (χ1) is 13.4. The predicted octanol–water partition coefficient (Wildman–Crippen LogP) is -6.08. The highest BCUT2D eigenvalue weighted by Crippen LogP contribution is 2.39. The van der Waals surface area contributed by atoms with Crippen LogP contribution in [0.2, 0.25) is 0 Å². The van der Waals surface area contributed by atoms with E-state index in [0.717, 1.165) is 0 Å². The van der Waals surface area contributed by atoms with Crippen molar-refractivity contribution in [3.05, 3.63) is 0 Å². The van der Waals surface area contributed by atoms with Crippen LogP contribution in [0, 0.1) is 0 Å². The summed E-state index contributed by atoms with van der Waals surface area (Å²) in [6, 6.07) is 0. The highest BCUT2D eigenvalue weighted by Gasteiger charge is 2.77. The Morgan fingerprint density at radius 1 is 0.536 bits per heavy atom. The molecule has 0 aliphatic carbocycles. The number of nitrogens with one attached hydrogen (secondary N) is 1. The number of nitrogens with zero attached hydrogens (tertiary/aromatic N) is 3. The third-order valence-electron chi connectivity index (χ3n) is 5.41. The van der Waals surface area contributed by atoms with Gasteiger partial charge in [-0.3, -0.25) is 0 Å². The molecular formula is C14H38N5O9+3. The van der Waals surface area contributed by atoms with Gasteiger partial charge in [-0.1, -0.05) is 0 Å². The number of quaternary nitrogens is 3. The molecule has 0 bridgehead atoms. The van der Waals surface area contributed by atoms with E-state index >= 15 is 0 Å². The van der Waals surface area contributed by atoms with Gasteiger partial charge in [-0.2, -0.15) is 5.32 Å². The average Bonchev–Trinajstić information content (AvgIpc) is 2.75. The Morgan fingerprint density at radius 2 is 0.821 bits per heavy atom. The summed E-state index contributed by atoms with van der Waals surface area (Å²) in [7, 11) is 0. The fourth-order valence-corrected chi connectivity index (χ4v) is 3.67. The van der Waals surface area contributed by atoms with Crippen LogP contribution in [0.5, 0.6) is 0 Å². The van der Waals surface area contributed by atoms with E-state index in [0.29, 0.717) is 19.4 Å². The summed E-state index contributed by atoms with van der Waals surface area (Å²) in [5, 5.41) is 93.7. The topological polar surface area (TPSA) is 220 Å². The van der Waals surface area contributed by atoms with Crippen molar-refractivity contribution in [2.45, 2.75) is 18.8 Å². The lowest BCUT2D eigenvalue weighted by atomic mass is 10.2. The SMILES string of the molecule is NCCCCNC([N+](CO)(CO)CO)([N+](CO)(CO)CO)[N+](CO)(CO)CO. The van der Waals surface area contributed by atoms with Gasteiger partial charge >= 0.3 is 5.91 Å². The van der Waals surface area contributed by atoms with E-state index in [-0.39, 0.29) is 6.54 Å². The summed E-state index contributed by atoms with van der Waals surface area (Å²) in [6.45, 7) is -8.63. The molecule has 0 unspecified atom stereocenters. The molecule has 0 atom stereocenters. The molecule has 0 saturated heterocycles. The van der Waals surface area contributed by atoms with Crippen LogP contribution in [0.4, 0.5) is 0 Å². The number of nitrogens with two attached hydrogens (primary N) is 1. The normalized spacial score (nSPS) is 13.9. The van der Waals surface area contributed by atoms with E-state index in [2.05, 4.69) is 5.32 Å². The Hall–Kier alpha value is -0.560. The van der Waals surface area contributed by atoms with E-state index < -0.39 is 79.9 Å². The van der Waals surface area contributed by atoms with Crippen molar-refractivity contribution in [3.63, 3.8) is 0 Å². The molecule has 0 radical (unpaired) electrons. The maximum absolute atomic E-state index is 10.1. The monoisotopic (exact) mass is 420 g/mol. The zero-order chi connectivity index (χ0) is 21.9. The second-order valence-corrected chi connectivity index (χ2v) is 6.77. The number of unbranched alkanes of at least 4 members (excludes halogenated alkanes) is 1. The van der Waals surface area contributed by atoms with E-state index in [4.69, 9.17) is 5.73 Å². The molecule has 14 heteroatoms. The second kappa shape index (κ2) is 12.2. The largest absolute Gasteiger partial charge is 0.437 e. The zero-order valence-corrected chi connectivity index (χ0v) is 16.1. The van der Waals surface area contributed by atoms with Crippen molar-refractivity contribution < 1.29 is 59.4 Å². The van der Waals surface area contributed by atoms with Gasteiger partial charge in [-0.25, -0.2) is 0 Å². The molecule has 12 N–H and O–H groups in total. The summed E-state index contributed by atoms with van der Waals surface area (Å²) in [4.78, 5) is 0. The zero-order valence-electron chi connectivity index (χ0n) is 16.1. The van der Waals surface area contributed by atoms with Crippen LogP contribution in [0.25, 0.3) is 0 Å². The number of hydrogen-bond acceptors (Lipinski definition) is 11. The smallest absolute Gasteiger partial charge is 0.347 e. The van der Waals surface area contributed by atoms with Gasteiger partial charge in [0.1, 0.15) is 0 Å². The number of aliphatic hydroxyl groups is 9. The number of aliphatic hydroxyl groups excluding tert-OH is 9. The van der Waals surface area contributed by atoms with Crippen LogP contribution in [-0.4, -0.2) is 139 Å². The summed E-state index contributed by atoms with van der Waals surface area (Å²) in [5.41, 5.74) is 5.47. The average molecular weight is 420 g/mol. The lowest BCUT2D eigenvalue weighted by Gasteiger charge is -2.60. The van der Waals surface area contributed by atoms with Gasteiger partial charge < -0.3 is 51.7 Å². The summed E-state index contributed by atoms with van der Waals surface area (Å²) in [5.74, 6) is -2.29. The molecule has 0 aromatic heterocycles. The Morgan fingerprint density at radius 3 is 1.04 bits per heavy atom. The molecule has 0 aromatic rings. The van der Waals surface area contributed by atoms with Crippen LogP contribution in [-0.2, 0) is 0 Å². The minimum absolute atomic E-state index is 0.0528. The molecule has 0 heterocycles. The molecule has 0 saturated carbocycles. The maximum atomic E-state index is 10.1. The molecule has 0 aliphatic heterocycles. The van der Waals surface area contributed by atoms with E-state index in [1.807, 2.05) is 0 Å². The first-order valence-electron chi connectivity index (χ1n) is 8.87. The molecule has 0 fully saturated rings. The molecule has 0 amide bonds. The van der Waals surface area contributed by atoms with E-state index in [1.54, 1.807) is 0 Å². The number of hydrogen-bond donors (Lipinski definition) is 11. The minimum Gasteiger partial charge on any atom is -0.347 e. The molecule has 0 aromatic carbocycles. The Labute approximate surface area is 163 Å². The van der Waals surface area contributed by atoms with Gasteiger partial charge in [0, 0.05) is 6.54 Å². The van der Waals surface area contributed by atoms with Gasteiger partial charge in [0.15, 0.2) is 60.6 Å². The molecular weight excluding hydrogens is 382 g/mol. The third-order valence-corrected chi connectivity index (χ3v) is 5.41. The van der Waals surface area contributed by atoms with Crippen LogP contribution < -0.4 is 11.1 Å². The quantitative estimate of drug-likeness (QED) is 0.0604. The van der Waals surface area contributed by atoms with Gasteiger partial charge in [0.25, 0.3) is 0 Å². The third kappa shape index (κ3) is 4.16. The fourth-order valence-electron chi connectivity index (χ4n) is 3.67. The van der Waals surface area contributed by atoms with Crippen LogP contribution in [0.15, 0.2) is 0 Å². The summed E-state index contributed by atoms with van der Waals surface area (Å²) in [6.07, 6.45) is 0.959. The highest BCUT2D eigenvalue weighted by atomic mass is 16.4. The van der Waals surface area contributed by atoms with Gasteiger partial charge in [0.05, 0.1) is 0 Å². The Kier molecular flexibility index (Phi) is 12.0. The van der Waals surface area contributed by atoms with Crippen molar-refractivity contribution in [2.24, 2.45) is 5.73 Å². The Bertz CT molecular complexity index is 345. The number of rotatable bonds is 17. The summed E-state index contributed by atoms with van der Waals surface area (Å²) >= 11 is 0. The van der Waals surface area contributed by atoms with E-state index in [9.17, 15) is 46.0 Å². The lowest BCUT2D eigenvalue weighted by molar-refractivity contribution is -1.35. The van der Waals surface area contributed by atoms with Crippen molar-refractivity contribution in [3.8, 4) is 0 Å². The predicted molar refractivity (Wildman–Crippen MR) is 93.6 cm³/mol. The first kappa shape index (κ1) is 27.4. The van der Waals surface area contributed by atoms with Crippen LogP contribution >= 0.6 is 0 Å². The van der Waals surface area contributed by atoms with Crippen molar-refractivity contribution in [1.29, 1.82) is 0 Å². The molecule has 28 heavy (non-hydrogen) atoms. The molecule has 0 aliphatic rings. The maximum Gasteiger partial charge on any atom is 0.437 e. The van der Waals surface area contributed by atoms with Gasteiger partial charge in [-0.15, -0.1) is 13.4 Å².